The standard InChI is InChI=1S/C10H17IN2S/c1-7(2)12-10-13-9(6-14-10)5-4-8(3)11/h6-8H,4-5H2,1-3H3,(H,12,13)/t8-/m0/s1. The van der Waals surface area contributed by atoms with Gasteiger partial charge in [0.05, 0.1) is 5.69 Å². The second-order valence-electron chi connectivity index (χ2n) is 3.76. The van der Waals surface area contributed by atoms with Crippen LogP contribution in [0.3, 0.4) is 0 Å². The fourth-order valence-electron chi connectivity index (χ4n) is 1.08. The Morgan fingerprint density at radius 3 is 2.79 bits per heavy atom. The molecule has 1 N–H and O–H groups in total. The van der Waals surface area contributed by atoms with Crippen LogP contribution in [0.2, 0.25) is 0 Å². The number of nitrogens with one attached hydrogen (secondary N) is 1. The van der Waals surface area contributed by atoms with E-state index in [-0.39, 0.29) is 0 Å². The first-order valence-corrected chi connectivity index (χ1v) is 7.05. The Morgan fingerprint density at radius 2 is 2.21 bits per heavy atom. The zero-order valence-corrected chi connectivity index (χ0v) is 11.9. The summed E-state index contributed by atoms with van der Waals surface area (Å²) in [5.74, 6) is 0. The summed E-state index contributed by atoms with van der Waals surface area (Å²) in [6.45, 7) is 6.50. The smallest absolute Gasteiger partial charge is 0.183 e. The molecule has 4 heteroatoms. The molecule has 0 fully saturated rings. The third kappa shape index (κ3) is 4.59. The van der Waals surface area contributed by atoms with Gasteiger partial charge < -0.3 is 5.32 Å². The van der Waals surface area contributed by atoms with E-state index in [1.165, 1.54) is 12.1 Å². The minimum atomic E-state index is 0.470. The molecule has 0 spiro atoms. The van der Waals surface area contributed by atoms with Gasteiger partial charge in [-0.1, -0.05) is 29.5 Å². The zero-order valence-electron chi connectivity index (χ0n) is 8.88. The molecule has 1 aromatic heterocycles. The number of nitrogens with zero attached hydrogens (tertiary/aromatic N) is 1. The van der Waals surface area contributed by atoms with Crippen LogP contribution in [-0.2, 0) is 6.42 Å². The molecule has 80 valence electrons. The molecule has 1 heterocycles. The summed E-state index contributed by atoms with van der Waals surface area (Å²) >= 11 is 4.16. The van der Waals surface area contributed by atoms with Gasteiger partial charge in [-0.2, -0.15) is 0 Å². The van der Waals surface area contributed by atoms with Gasteiger partial charge >= 0.3 is 0 Å². The van der Waals surface area contributed by atoms with E-state index < -0.39 is 0 Å². The van der Waals surface area contributed by atoms with Gasteiger partial charge in [0.1, 0.15) is 0 Å². The average molecular weight is 324 g/mol. The van der Waals surface area contributed by atoms with Crippen molar-refractivity contribution in [1.29, 1.82) is 0 Å². The molecule has 0 aliphatic rings. The van der Waals surface area contributed by atoms with Crippen LogP contribution in [0.4, 0.5) is 5.13 Å². The first-order chi connectivity index (χ1) is 6.58. The van der Waals surface area contributed by atoms with Crippen molar-refractivity contribution in [2.45, 2.75) is 43.6 Å². The van der Waals surface area contributed by atoms with Crippen molar-refractivity contribution in [3.63, 3.8) is 0 Å². The largest absolute Gasteiger partial charge is 0.359 e. The predicted molar refractivity (Wildman–Crippen MR) is 72.7 cm³/mol. The van der Waals surface area contributed by atoms with Crippen molar-refractivity contribution >= 4 is 39.1 Å². The van der Waals surface area contributed by atoms with Crippen LogP contribution in [0.25, 0.3) is 0 Å². The van der Waals surface area contributed by atoms with Crippen LogP contribution in [0.1, 0.15) is 32.9 Å². The van der Waals surface area contributed by atoms with E-state index in [9.17, 15) is 0 Å². The lowest BCUT2D eigenvalue weighted by Gasteiger charge is -2.04. The molecule has 0 aliphatic heterocycles. The van der Waals surface area contributed by atoms with Gasteiger partial charge in [0.25, 0.3) is 0 Å². The van der Waals surface area contributed by atoms with E-state index in [2.05, 4.69) is 59.0 Å². The molecule has 14 heavy (non-hydrogen) atoms. The molecule has 1 rings (SSSR count). The van der Waals surface area contributed by atoms with Crippen molar-refractivity contribution in [3.8, 4) is 0 Å². The Kier molecular flexibility index (Phi) is 5.15. The SMILES string of the molecule is CC(C)Nc1nc(CC[C@H](C)I)cs1. The lowest BCUT2D eigenvalue weighted by molar-refractivity contribution is 0.813. The molecule has 0 aliphatic carbocycles. The normalized spacial score (nSPS) is 13.2. The lowest BCUT2D eigenvalue weighted by atomic mass is 10.2. The van der Waals surface area contributed by atoms with Crippen LogP contribution in [0.15, 0.2) is 5.38 Å². The highest BCUT2D eigenvalue weighted by atomic mass is 127. The molecule has 0 unspecified atom stereocenters. The second kappa shape index (κ2) is 5.90. The van der Waals surface area contributed by atoms with Gasteiger partial charge in [-0.25, -0.2) is 4.98 Å². The van der Waals surface area contributed by atoms with E-state index >= 15 is 0 Å². The molecule has 2 nitrogen and oxygen atoms in total. The molecule has 1 atom stereocenters. The number of aromatic nitrogens is 1. The topological polar surface area (TPSA) is 24.9 Å². The van der Waals surface area contributed by atoms with E-state index in [4.69, 9.17) is 0 Å². The Morgan fingerprint density at radius 1 is 1.50 bits per heavy atom. The summed E-state index contributed by atoms with van der Waals surface area (Å²) < 4.78 is 0.732. The van der Waals surface area contributed by atoms with Crippen LogP contribution >= 0.6 is 33.9 Å². The molecule has 0 bridgehead atoms. The average Bonchev–Trinajstić information content (AvgIpc) is 2.47. The summed E-state index contributed by atoms with van der Waals surface area (Å²) in [4.78, 5) is 4.53. The summed E-state index contributed by atoms with van der Waals surface area (Å²) in [6.07, 6.45) is 2.31. The van der Waals surface area contributed by atoms with E-state index in [1.54, 1.807) is 11.3 Å². The molecule has 0 aromatic carbocycles. The summed E-state index contributed by atoms with van der Waals surface area (Å²) in [7, 11) is 0. The quantitative estimate of drug-likeness (QED) is 0.660. The van der Waals surface area contributed by atoms with Crippen molar-refractivity contribution in [2.75, 3.05) is 5.32 Å². The highest BCUT2D eigenvalue weighted by Gasteiger charge is 2.04. The van der Waals surface area contributed by atoms with E-state index in [0.29, 0.717) is 6.04 Å². The van der Waals surface area contributed by atoms with E-state index in [1.807, 2.05) is 0 Å². The maximum atomic E-state index is 4.53. The zero-order chi connectivity index (χ0) is 10.6. The third-order valence-electron chi connectivity index (χ3n) is 1.76. The summed E-state index contributed by atoms with van der Waals surface area (Å²) in [5.41, 5.74) is 1.22. The van der Waals surface area contributed by atoms with Crippen LogP contribution in [0, 0.1) is 0 Å². The van der Waals surface area contributed by atoms with Crippen molar-refractivity contribution in [1.82, 2.24) is 4.98 Å². The minimum Gasteiger partial charge on any atom is -0.359 e. The Bertz CT molecular complexity index is 271. The number of alkyl halides is 1. The number of hydrogen-bond donors (Lipinski definition) is 1. The Hall–Kier alpha value is 0.160. The first kappa shape index (κ1) is 12.2. The van der Waals surface area contributed by atoms with Crippen LogP contribution < -0.4 is 5.32 Å². The van der Waals surface area contributed by atoms with Crippen molar-refractivity contribution in [2.24, 2.45) is 0 Å². The minimum absolute atomic E-state index is 0.470. The lowest BCUT2D eigenvalue weighted by Crippen LogP contribution is -2.09. The number of rotatable bonds is 5. The van der Waals surface area contributed by atoms with Crippen LogP contribution in [0.5, 0.6) is 0 Å². The van der Waals surface area contributed by atoms with Crippen LogP contribution in [-0.4, -0.2) is 15.0 Å². The summed E-state index contributed by atoms with van der Waals surface area (Å²) in [6, 6.07) is 0.470. The maximum absolute atomic E-state index is 4.53. The van der Waals surface area contributed by atoms with Gasteiger partial charge in [-0.05, 0) is 26.7 Å². The molecule has 0 saturated carbocycles. The fraction of sp³-hybridized carbons (Fsp3) is 0.700. The fourth-order valence-corrected chi connectivity index (χ4v) is 2.29. The number of thiazole rings is 1. The Balaban J connectivity index is 2.42. The predicted octanol–water partition coefficient (Wildman–Crippen LogP) is 3.72. The van der Waals surface area contributed by atoms with Gasteiger partial charge in [0.15, 0.2) is 5.13 Å². The number of aryl methyl sites for hydroxylation is 1. The second-order valence-corrected chi connectivity index (χ2v) is 6.75. The van der Waals surface area contributed by atoms with Gasteiger partial charge in [-0.3, -0.25) is 0 Å². The number of hydrogen-bond acceptors (Lipinski definition) is 3. The molecule has 0 amide bonds. The molecule has 0 saturated heterocycles. The summed E-state index contributed by atoms with van der Waals surface area (Å²) in [5, 5.41) is 6.53. The monoisotopic (exact) mass is 324 g/mol. The number of anilines is 1. The van der Waals surface area contributed by atoms with Gasteiger partial charge in [0, 0.05) is 15.3 Å². The molecule has 1 aromatic rings. The van der Waals surface area contributed by atoms with Gasteiger partial charge in [-0.15, -0.1) is 11.3 Å². The highest BCUT2D eigenvalue weighted by molar-refractivity contribution is 14.1. The third-order valence-corrected chi connectivity index (χ3v) is 3.21. The highest BCUT2D eigenvalue weighted by Crippen LogP contribution is 2.18. The molecule has 0 radical (unpaired) electrons. The molecular formula is C10H17IN2S. The first-order valence-electron chi connectivity index (χ1n) is 4.93. The van der Waals surface area contributed by atoms with Gasteiger partial charge in [0.2, 0.25) is 0 Å². The van der Waals surface area contributed by atoms with Crippen molar-refractivity contribution in [3.05, 3.63) is 11.1 Å². The Labute approximate surface area is 104 Å². The molecular weight excluding hydrogens is 307 g/mol. The maximum Gasteiger partial charge on any atom is 0.183 e. The van der Waals surface area contributed by atoms with Crippen molar-refractivity contribution < 1.29 is 0 Å². The van der Waals surface area contributed by atoms with E-state index in [0.717, 1.165) is 15.5 Å². The number of halogens is 1.